The number of rotatable bonds is 3. The highest BCUT2D eigenvalue weighted by Gasteiger charge is 2.24. The Kier molecular flexibility index (Phi) is 2.58. The molecule has 0 radical (unpaired) electrons. The Morgan fingerprint density at radius 3 is 2.93 bits per heavy atom. The third-order valence-electron chi connectivity index (χ3n) is 2.26. The van der Waals surface area contributed by atoms with Crippen molar-refractivity contribution in [2.24, 2.45) is 0 Å². The van der Waals surface area contributed by atoms with Gasteiger partial charge in [-0.05, 0) is 11.4 Å². The molecule has 0 spiro atoms. The molecule has 0 aliphatic carbocycles. The Bertz CT molecular complexity index is 433. The van der Waals surface area contributed by atoms with Crippen LogP contribution in [0.5, 0.6) is 0 Å². The summed E-state index contributed by atoms with van der Waals surface area (Å²) in [6.07, 6.45) is 0. The first kappa shape index (κ1) is 10.3. The molecule has 0 saturated heterocycles. The van der Waals surface area contributed by atoms with Crippen LogP contribution in [0.2, 0.25) is 0 Å². The highest BCUT2D eigenvalue weighted by atomic mass is 32.1. The molecule has 15 heavy (non-hydrogen) atoms. The Labute approximate surface area is 92.0 Å². The van der Waals surface area contributed by atoms with Gasteiger partial charge in [0.1, 0.15) is 5.82 Å². The molecule has 0 unspecified atom stereocenters. The highest BCUT2D eigenvalue weighted by Crippen LogP contribution is 2.24. The fourth-order valence-corrected chi connectivity index (χ4v) is 1.81. The SMILES string of the molecule is CC(C)(CO)c1nc(-c2cccs2)n[nH]1. The molecule has 2 aromatic heterocycles. The minimum Gasteiger partial charge on any atom is -0.395 e. The molecule has 5 heteroatoms. The van der Waals surface area contributed by atoms with Gasteiger partial charge in [-0.25, -0.2) is 4.98 Å². The van der Waals surface area contributed by atoms with Gasteiger partial charge in [-0.2, -0.15) is 5.10 Å². The van der Waals surface area contributed by atoms with Crippen LogP contribution in [0.15, 0.2) is 17.5 Å². The molecule has 2 heterocycles. The third-order valence-corrected chi connectivity index (χ3v) is 3.13. The van der Waals surface area contributed by atoms with Crippen LogP contribution in [0.3, 0.4) is 0 Å². The maximum atomic E-state index is 9.20. The lowest BCUT2D eigenvalue weighted by Gasteiger charge is -2.17. The van der Waals surface area contributed by atoms with Gasteiger partial charge in [0, 0.05) is 5.41 Å². The van der Waals surface area contributed by atoms with Crippen molar-refractivity contribution in [1.82, 2.24) is 15.2 Å². The van der Waals surface area contributed by atoms with E-state index in [4.69, 9.17) is 0 Å². The topological polar surface area (TPSA) is 61.8 Å². The molecule has 0 bridgehead atoms. The zero-order chi connectivity index (χ0) is 10.9. The van der Waals surface area contributed by atoms with Crippen molar-refractivity contribution in [3.05, 3.63) is 23.3 Å². The molecule has 0 aliphatic rings. The minimum absolute atomic E-state index is 0.0477. The van der Waals surface area contributed by atoms with Crippen molar-refractivity contribution in [2.75, 3.05) is 6.61 Å². The second-order valence-electron chi connectivity index (χ2n) is 4.03. The predicted molar refractivity (Wildman–Crippen MR) is 59.8 cm³/mol. The van der Waals surface area contributed by atoms with Crippen molar-refractivity contribution < 1.29 is 5.11 Å². The maximum absolute atomic E-state index is 9.20. The quantitative estimate of drug-likeness (QED) is 0.834. The van der Waals surface area contributed by atoms with E-state index < -0.39 is 0 Å². The monoisotopic (exact) mass is 223 g/mol. The van der Waals surface area contributed by atoms with E-state index in [1.807, 2.05) is 31.4 Å². The number of H-pyrrole nitrogens is 1. The minimum atomic E-state index is -0.373. The van der Waals surface area contributed by atoms with Gasteiger partial charge in [-0.1, -0.05) is 19.9 Å². The molecule has 4 nitrogen and oxygen atoms in total. The van der Waals surface area contributed by atoms with E-state index in [0.29, 0.717) is 11.6 Å². The first-order valence-electron chi connectivity index (χ1n) is 4.71. The number of aliphatic hydroxyl groups is 1. The van der Waals surface area contributed by atoms with Crippen LogP contribution in [0, 0.1) is 0 Å². The molecule has 80 valence electrons. The molecular formula is C10H13N3OS. The van der Waals surface area contributed by atoms with E-state index in [1.165, 1.54) is 0 Å². The van der Waals surface area contributed by atoms with Crippen molar-refractivity contribution in [3.63, 3.8) is 0 Å². The van der Waals surface area contributed by atoms with E-state index in [0.717, 1.165) is 4.88 Å². The van der Waals surface area contributed by atoms with Crippen molar-refractivity contribution >= 4 is 11.3 Å². The van der Waals surface area contributed by atoms with Crippen LogP contribution in [0.4, 0.5) is 0 Å². The normalized spacial score (nSPS) is 11.9. The molecule has 0 aliphatic heterocycles. The summed E-state index contributed by atoms with van der Waals surface area (Å²) >= 11 is 1.60. The standard InChI is InChI=1S/C10H13N3OS/c1-10(2,6-14)9-11-8(12-13-9)7-4-3-5-15-7/h3-5,14H,6H2,1-2H3,(H,11,12,13). The van der Waals surface area contributed by atoms with Crippen molar-refractivity contribution in [1.29, 1.82) is 0 Å². The van der Waals surface area contributed by atoms with Gasteiger partial charge in [0.25, 0.3) is 0 Å². The average molecular weight is 223 g/mol. The molecule has 2 rings (SSSR count). The Balaban J connectivity index is 2.33. The molecule has 2 N–H and O–H groups in total. The van der Waals surface area contributed by atoms with Gasteiger partial charge < -0.3 is 5.11 Å². The van der Waals surface area contributed by atoms with E-state index in [9.17, 15) is 5.11 Å². The molecule has 0 saturated carbocycles. The molecule has 0 atom stereocenters. The first-order chi connectivity index (χ1) is 7.13. The van der Waals surface area contributed by atoms with Crippen LogP contribution in [-0.4, -0.2) is 26.9 Å². The van der Waals surface area contributed by atoms with E-state index >= 15 is 0 Å². The van der Waals surface area contributed by atoms with Crippen LogP contribution in [0.1, 0.15) is 19.7 Å². The van der Waals surface area contributed by atoms with Crippen LogP contribution in [-0.2, 0) is 5.41 Å². The average Bonchev–Trinajstić information content (AvgIpc) is 2.88. The third kappa shape index (κ3) is 1.93. The number of nitrogens with one attached hydrogen (secondary N) is 1. The predicted octanol–water partition coefficient (Wildman–Crippen LogP) is 1.80. The first-order valence-corrected chi connectivity index (χ1v) is 5.59. The van der Waals surface area contributed by atoms with Crippen molar-refractivity contribution in [2.45, 2.75) is 19.3 Å². The van der Waals surface area contributed by atoms with E-state index in [2.05, 4.69) is 15.2 Å². The summed E-state index contributed by atoms with van der Waals surface area (Å²) in [5.74, 6) is 1.41. The summed E-state index contributed by atoms with van der Waals surface area (Å²) in [7, 11) is 0. The summed E-state index contributed by atoms with van der Waals surface area (Å²) in [6, 6.07) is 3.94. The molecule has 0 aromatic carbocycles. The van der Waals surface area contributed by atoms with Crippen LogP contribution < -0.4 is 0 Å². The number of thiophene rings is 1. The molecule has 0 fully saturated rings. The van der Waals surface area contributed by atoms with Crippen molar-refractivity contribution in [3.8, 4) is 10.7 Å². The smallest absolute Gasteiger partial charge is 0.191 e. The summed E-state index contributed by atoms with van der Waals surface area (Å²) in [5, 5.41) is 18.2. The number of hydrogen-bond acceptors (Lipinski definition) is 4. The number of nitrogens with zero attached hydrogens (tertiary/aromatic N) is 2. The number of aliphatic hydroxyl groups excluding tert-OH is 1. The van der Waals surface area contributed by atoms with E-state index in [1.54, 1.807) is 11.3 Å². The summed E-state index contributed by atoms with van der Waals surface area (Å²) in [4.78, 5) is 5.41. The fourth-order valence-electron chi connectivity index (χ4n) is 1.16. The van der Waals surface area contributed by atoms with Crippen LogP contribution >= 0.6 is 11.3 Å². The fraction of sp³-hybridized carbons (Fsp3) is 0.400. The Morgan fingerprint density at radius 1 is 1.53 bits per heavy atom. The maximum Gasteiger partial charge on any atom is 0.191 e. The molecule has 0 amide bonds. The van der Waals surface area contributed by atoms with Gasteiger partial charge in [-0.15, -0.1) is 11.3 Å². The Morgan fingerprint density at radius 2 is 2.33 bits per heavy atom. The van der Waals surface area contributed by atoms with Crippen LogP contribution in [0.25, 0.3) is 10.7 Å². The number of aromatic nitrogens is 3. The zero-order valence-electron chi connectivity index (χ0n) is 8.69. The lowest BCUT2D eigenvalue weighted by Crippen LogP contribution is -2.23. The van der Waals surface area contributed by atoms with Gasteiger partial charge >= 0.3 is 0 Å². The lowest BCUT2D eigenvalue weighted by molar-refractivity contribution is 0.212. The van der Waals surface area contributed by atoms with Gasteiger partial charge in [0.15, 0.2) is 5.82 Å². The molecular weight excluding hydrogens is 210 g/mol. The summed E-state index contributed by atoms with van der Waals surface area (Å²) < 4.78 is 0. The lowest BCUT2D eigenvalue weighted by atomic mass is 9.94. The largest absolute Gasteiger partial charge is 0.395 e. The molecule has 2 aromatic rings. The second-order valence-corrected chi connectivity index (χ2v) is 4.97. The number of aromatic amines is 1. The van der Waals surface area contributed by atoms with E-state index in [-0.39, 0.29) is 12.0 Å². The van der Waals surface area contributed by atoms with Gasteiger partial charge in [0.05, 0.1) is 11.5 Å². The Hall–Kier alpha value is -1.20. The highest BCUT2D eigenvalue weighted by molar-refractivity contribution is 7.13. The summed E-state index contributed by atoms with van der Waals surface area (Å²) in [6.45, 7) is 3.89. The summed E-state index contributed by atoms with van der Waals surface area (Å²) in [5.41, 5.74) is -0.373. The van der Waals surface area contributed by atoms with Gasteiger partial charge in [-0.3, -0.25) is 5.10 Å². The number of hydrogen-bond donors (Lipinski definition) is 2. The zero-order valence-corrected chi connectivity index (χ0v) is 9.51. The van der Waals surface area contributed by atoms with Gasteiger partial charge in [0.2, 0.25) is 0 Å². The second kappa shape index (κ2) is 3.75.